The lowest BCUT2D eigenvalue weighted by atomic mass is 10.2. The van der Waals surface area contributed by atoms with Gasteiger partial charge in [0.05, 0.1) is 25.7 Å². The van der Waals surface area contributed by atoms with Crippen molar-refractivity contribution in [2.24, 2.45) is 0 Å². The molecule has 130 valence electrons. The number of benzene rings is 1. The summed E-state index contributed by atoms with van der Waals surface area (Å²) in [4.78, 5) is 27.4. The quantitative estimate of drug-likeness (QED) is 0.567. The number of nitrogens with one attached hydrogen (secondary N) is 2. The number of nitrogens with two attached hydrogens (primary N) is 1. The Morgan fingerprint density at radius 3 is 2.88 bits per heavy atom. The van der Waals surface area contributed by atoms with E-state index in [9.17, 15) is 4.79 Å². The van der Waals surface area contributed by atoms with Gasteiger partial charge in [0.25, 0.3) is 0 Å². The van der Waals surface area contributed by atoms with Crippen LogP contribution in [0, 0.1) is 0 Å². The molecule has 25 heavy (non-hydrogen) atoms. The lowest BCUT2D eigenvalue weighted by Crippen LogP contribution is -2.14. The third kappa shape index (κ3) is 3.74. The summed E-state index contributed by atoms with van der Waals surface area (Å²) in [6.07, 6.45) is 1.34. The molecule has 2 aromatic heterocycles. The number of methoxy groups -OCH3 is 2. The highest BCUT2D eigenvalue weighted by Crippen LogP contribution is 2.29. The molecule has 3 aromatic rings. The molecule has 0 atom stereocenters. The SMILES string of the molecule is COc1ccc(NC(=O)CSc2nc3ncnc(N)c3[nH]2)c(OC)c1. The maximum absolute atomic E-state index is 12.2. The molecule has 0 fully saturated rings. The van der Waals surface area contributed by atoms with Gasteiger partial charge in [-0.15, -0.1) is 0 Å². The van der Waals surface area contributed by atoms with E-state index < -0.39 is 0 Å². The molecule has 4 N–H and O–H groups in total. The molecular formula is C15H16N6O3S. The summed E-state index contributed by atoms with van der Waals surface area (Å²) in [5.41, 5.74) is 7.33. The van der Waals surface area contributed by atoms with Crippen LogP contribution in [0.1, 0.15) is 0 Å². The molecule has 0 aliphatic rings. The van der Waals surface area contributed by atoms with Crippen LogP contribution in [0.25, 0.3) is 11.2 Å². The first-order valence-electron chi connectivity index (χ1n) is 7.21. The molecule has 0 aliphatic carbocycles. The Morgan fingerprint density at radius 2 is 2.16 bits per heavy atom. The van der Waals surface area contributed by atoms with Crippen molar-refractivity contribution in [3.8, 4) is 11.5 Å². The number of ether oxygens (including phenoxy) is 2. The number of aromatic nitrogens is 4. The summed E-state index contributed by atoms with van der Waals surface area (Å²) in [7, 11) is 3.09. The van der Waals surface area contributed by atoms with E-state index in [0.717, 1.165) is 0 Å². The molecule has 0 saturated heterocycles. The number of amides is 1. The second kappa shape index (κ2) is 7.26. The van der Waals surface area contributed by atoms with Gasteiger partial charge in [0.15, 0.2) is 16.6 Å². The average Bonchev–Trinajstić information content (AvgIpc) is 3.05. The fourth-order valence-corrected chi connectivity index (χ4v) is 2.78. The minimum atomic E-state index is -0.201. The van der Waals surface area contributed by atoms with E-state index >= 15 is 0 Å². The zero-order valence-corrected chi connectivity index (χ0v) is 14.4. The van der Waals surface area contributed by atoms with Crippen LogP contribution in [0.15, 0.2) is 29.7 Å². The van der Waals surface area contributed by atoms with Gasteiger partial charge >= 0.3 is 0 Å². The van der Waals surface area contributed by atoms with Gasteiger partial charge in [0.1, 0.15) is 23.3 Å². The number of H-pyrrole nitrogens is 1. The monoisotopic (exact) mass is 360 g/mol. The van der Waals surface area contributed by atoms with Crippen molar-refractivity contribution < 1.29 is 14.3 Å². The zero-order chi connectivity index (χ0) is 17.8. The lowest BCUT2D eigenvalue weighted by Gasteiger charge is -2.11. The highest BCUT2D eigenvalue weighted by Gasteiger charge is 2.12. The van der Waals surface area contributed by atoms with Gasteiger partial charge in [-0.3, -0.25) is 4.79 Å². The lowest BCUT2D eigenvalue weighted by molar-refractivity contribution is -0.113. The van der Waals surface area contributed by atoms with E-state index in [4.69, 9.17) is 15.2 Å². The van der Waals surface area contributed by atoms with Crippen molar-refractivity contribution in [2.75, 3.05) is 31.0 Å². The summed E-state index contributed by atoms with van der Waals surface area (Å²) >= 11 is 1.24. The smallest absolute Gasteiger partial charge is 0.234 e. The van der Waals surface area contributed by atoms with Crippen LogP contribution >= 0.6 is 11.8 Å². The molecule has 10 heteroatoms. The summed E-state index contributed by atoms with van der Waals surface area (Å²) < 4.78 is 10.4. The predicted octanol–water partition coefficient (Wildman–Crippen LogP) is 1.68. The standard InChI is InChI=1S/C15H16N6O3S/c1-23-8-3-4-9(10(5-8)24-2)19-11(22)6-25-15-20-12-13(16)17-7-18-14(12)21-15/h3-5,7H,6H2,1-2H3,(H,19,22)(H3,16,17,18,20,21). The third-order valence-corrected chi connectivity index (χ3v) is 4.19. The molecule has 0 spiro atoms. The summed E-state index contributed by atoms with van der Waals surface area (Å²) in [6, 6.07) is 5.16. The molecule has 0 bridgehead atoms. The molecule has 1 amide bonds. The summed E-state index contributed by atoms with van der Waals surface area (Å²) in [5.74, 6) is 1.43. The minimum absolute atomic E-state index is 0.155. The van der Waals surface area contributed by atoms with Crippen molar-refractivity contribution in [3.63, 3.8) is 0 Å². The van der Waals surface area contributed by atoms with E-state index in [0.29, 0.717) is 39.3 Å². The molecule has 0 saturated carbocycles. The van der Waals surface area contributed by atoms with Gasteiger partial charge in [0, 0.05) is 6.07 Å². The number of nitrogens with zero attached hydrogens (tertiary/aromatic N) is 3. The van der Waals surface area contributed by atoms with Gasteiger partial charge in [-0.25, -0.2) is 15.0 Å². The minimum Gasteiger partial charge on any atom is -0.497 e. The number of thioether (sulfide) groups is 1. The van der Waals surface area contributed by atoms with Gasteiger partial charge in [0.2, 0.25) is 5.91 Å². The number of hydrogen-bond acceptors (Lipinski definition) is 8. The topological polar surface area (TPSA) is 128 Å². The fraction of sp³-hybridized carbons (Fsp3) is 0.200. The molecule has 1 aromatic carbocycles. The van der Waals surface area contributed by atoms with Crippen molar-refractivity contribution in [1.82, 2.24) is 19.9 Å². The number of anilines is 2. The first kappa shape index (κ1) is 16.8. The number of hydrogen-bond donors (Lipinski definition) is 3. The molecule has 9 nitrogen and oxygen atoms in total. The predicted molar refractivity (Wildman–Crippen MR) is 95.0 cm³/mol. The molecule has 0 unspecified atom stereocenters. The van der Waals surface area contributed by atoms with Crippen molar-refractivity contribution in [3.05, 3.63) is 24.5 Å². The molecular weight excluding hydrogens is 344 g/mol. The van der Waals surface area contributed by atoms with E-state index in [1.807, 2.05) is 0 Å². The van der Waals surface area contributed by atoms with Crippen molar-refractivity contribution in [1.29, 1.82) is 0 Å². The molecule has 3 rings (SSSR count). The van der Waals surface area contributed by atoms with E-state index in [-0.39, 0.29) is 11.7 Å². The largest absolute Gasteiger partial charge is 0.497 e. The first-order valence-corrected chi connectivity index (χ1v) is 8.20. The zero-order valence-electron chi connectivity index (χ0n) is 13.6. The van der Waals surface area contributed by atoms with E-state index in [1.165, 1.54) is 25.2 Å². The van der Waals surface area contributed by atoms with Crippen molar-refractivity contribution >= 4 is 40.3 Å². The number of carbonyl (C=O) groups is 1. The highest BCUT2D eigenvalue weighted by atomic mass is 32.2. The van der Waals surface area contributed by atoms with Crippen LogP contribution in [0.4, 0.5) is 11.5 Å². The third-order valence-electron chi connectivity index (χ3n) is 3.32. The molecule has 0 aliphatic heterocycles. The van der Waals surface area contributed by atoms with Gasteiger partial charge in [-0.1, -0.05) is 11.8 Å². The maximum atomic E-state index is 12.2. The van der Waals surface area contributed by atoms with Gasteiger partial charge in [-0.2, -0.15) is 0 Å². The Kier molecular flexibility index (Phi) is 4.89. The van der Waals surface area contributed by atoms with Crippen LogP contribution in [0.3, 0.4) is 0 Å². The summed E-state index contributed by atoms with van der Waals surface area (Å²) in [6.45, 7) is 0. The molecule has 0 radical (unpaired) electrons. The van der Waals surface area contributed by atoms with Crippen LogP contribution in [-0.2, 0) is 4.79 Å². The Labute approximate surface area is 147 Å². The highest BCUT2D eigenvalue weighted by molar-refractivity contribution is 7.99. The number of rotatable bonds is 6. The van der Waals surface area contributed by atoms with E-state index in [2.05, 4.69) is 25.3 Å². The van der Waals surface area contributed by atoms with Crippen molar-refractivity contribution in [2.45, 2.75) is 5.16 Å². The number of carbonyl (C=O) groups excluding carboxylic acids is 1. The van der Waals surface area contributed by atoms with Crippen LogP contribution < -0.4 is 20.5 Å². The van der Waals surface area contributed by atoms with Crippen LogP contribution in [0.5, 0.6) is 11.5 Å². The van der Waals surface area contributed by atoms with E-state index in [1.54, 1.807) is 25.3 Å². The van der Waals surface area contributed by atoms with Crippen LogP contribution in [-0.4, -0.2) is 45.8 Å². The normalized spacial score (nSPS) is 10.6. The number of fused-ring (bicyclic) bond motifs is 1. The number of imidazole rings is 1. The Hall–Kier alpha value is -3.01. The maximum Gasteiger partial charge on any atom is 0.234 e. The summed E-state index contributed by atoms with van der Waals surface area (Å²) in [5, 5.41) is 3.33. The second-order valence-corrected chi connectivity index (χ2v) is 5.87. The number of nitrogen functional groups attached to an aromatic ring is 1. The van der Waals surface area contributed by atoms with Gasteiger partial charge < -0.3 is 25.5 Å². The van der Waals surface area contributed by atoms with Gasteiger partial charge in [-0.05, 0) is 12.1 Å². The van der Waals surface area contributed by atoms with Crippen LogP contribution in [0.2, 0.25) is 0 Å². The Bertz CT molecular complexity index is 913. The Morgan fingerprint density at radius 1 is 1.32 bits per heavy atom. The Balaban J connectivity index is 1.65. The second-order valence-electron chi connectivity index (χ2n) is 4.90. The average molecular weight is 360 g/mol. The first-order chi connectivity index (χ1) is 12.1. The molecule has 2 heterocycles. The number of aromatic amines is 1. The fourth-order valence-electron chi connectivity index (χ4n) is 2.12.